The SMILES string of the molecule is Cc1ccc(CN2CC(=O)NC3(CCCCC3)C2=O)s1. The van der Waals surface area contributed by atoms with Crippen LogP contribution in [0.25, 0.3) is 0 Å². The van der Waals surface area contributed by atoms with E-state index in [1.165, 1.54) is 4.88 Å². The number of hydrogen-bond donors (Lipinski definition) is 1. The molecule has 1 spiro atoms. The number of nitrogens with one attached hydrogen (secondary N) is 1. The molecule has 4 nitrogen and oxygen atoms in total. The molecule has 2 amide bonds. The van der Waals surface area contributed by atoms with Crippen molar-refractivity contribution in [3.8, 4) is 0 Å². The van der Waals surface area contributed by atoms with E-state index in [0.29, 0.717) is 6.54 Å². The smallest absolute Gasteiger partial charge is 0.249 e. The fourth-order valence-electron chi connectivity index (χ4n) is 3.29. The first kappa shape index (κ1) is 13.6. The minimum absolute atomic E-state index is 0.0141. The highest BCUT2D eigenvalue weighted by Gasteiger charge is 2.46. The molecule has 1 aliphatic carbocycles. The molecular weight excluding hydrogens is 272 g/mol. The monoisotopic (exact) mass is 292 g/mol. The van der Waals surface area contributed by atoms with Crippen molar-refractivity contribution in [3.05, 3.63) is 21.9 Å². The van der Waals surface area contributed by atoms with Crippen molar-refractivity contribution in [3.63, 3.8) is 0 Å². The second kappa shape index (κ2) is 5.20. The van der Waals surface area contributed by atoms with Crippen LogP contribution in [0.4, 0.5) is 0 Å². The molecular formula is C15H20N2O2S. The van der Waals surface area contributed by atoms with Gasteiger partial charge in [-0.2, -0.15) is 0 Å². The van der Waals surface area contributed by atoms with Gasteiger partial charge in [-0.1, -0.05) is 19.3 Å². The maximum atomic E-state index is 12.8. The van der Waals surface area contributed by atoms with Crippen molar-refractivity contribution in [2.24, 2.45) is 0 Å². The van der Waals surface area contributed by atoms with Gasteiger partial charge in [0.15, 0.2) is 0 Å². The molecule has 2 fully saturated rings. The van der Waals surface area contributed by atoms with E-state index in [0.717, 1.165) is 37.0 Å². The van der Waals surface area contributed by atoms with Crippen LogP contribution in [0.1, 0.15) is 41.9 Å². The summed E-state index contributed by atoms with van der Waals surface area (Å²) in [4.78, 5) is 28.9. The number of piperazine rings is 1. The van der Waals surface area contributed by atoms with Crippen molar-refractivity contribution in [1.29, 1.82) is 0 Å². The first-order chi connectivity index (χ1) is 9.59. The van der Waals surface area contributed by atoms with E-state index in [1.807, 2.05) is 6.07 Å². The normalized spacial score (nSPS) is 22.1. The molecule has 0 bridgehead atoms. The van der Waals surface area contributed by atoms with E-state index in [2.05, 4.69) is 18.3 Å². The average molecular weight is 292 g/mol. The van der Waals surface area contributed by atoms with E-state index < -0.39 is 5.54 Å². The van der Waals surface area contributed by atoms with Crippen molar-refractivity contribution in [2.75, 3.05) is 6.54 Å². The molecule has 3 rings (SSSR count). The summed E-state index contributed by atoms with van der Waals surface area (Å²) < 4.78 is 0. The molecule has 1 saturated carbocycles. The van der Waals surface area contributed by atoms with E-state index in [9.17, 15) is 9.59 Å². The van der Waals surface area contributed by atoms with Gasteiger partial charge >= 0.3 is 0 Å². The Hall–Kier alpha value is -1.36. The number of rotatable bonds is 2. The van der Waals surface area contributed by atoms with Crippen LogP contribution >= 0.6 is 11.3 Å². The molecule has 1 N–H and O–H groups in total. The molecule has 2 aliphatic rings. The van der Waals surface area contributed by atoms with Gasteiger partial charge in [0.25, 0.3) is 0 Å². The zero-order valence-corrected chi connectivity index (χ0v) is 12.6. The summed E-state index contributed by atoms with van der Waals surface area (Å²) in [5.74, 6) is 0.0997. The lowest BCUT2D eigenvalue weighted by Crippen LogP contribution is -2.66. The van der Waals surface area contributed by atoms with E-state index in [4.69, 9.17) is 0 Å². The van der Waals surface area contributed by atoms with Crippen LogP contribution in [0.15, 0.2) is 12.1 Å². The number of amides is 2. The third-order valence-electron chi connectivity index (χ3n) is 4.26. The van der Waals surface area contributed by atoms with E-state index in [-0.39, 0.29) is 18.4 Å². The van der Waals surface area contributed by atoms with Gasteiger partial charge in [0, 0.05) is 9.75 Å². The molecule has 0 aromatic carbocycles. The van der Waals surface area contributed by atoms with Crippen LogP contribution in [0, 0.1) is 6.92 Å². The number of carbonyl (C=O) groups is 2. The van der Waals surface area contributed by atoms with Crippen LogP contribution in [-0.4, -0.2) is 28.8 Å². The minimum atomic E-state index is -0.611. The minimum Gasteiger partial charge on any atom is -0.340 e. The van der Waals surface area contributed by atoms with E-state index >= 15 is 0 Å². The first-order valence-corrected chi connectivity index (χ1v) is 8.06. The van der Waals surface area contributed by atoms with Crippen molar-refractivity contribution in [2.45, 2.75) is 51.1 Å². The summed E-state index contributed by atoms with van der Waals surface area (Å²) in [6.45, 7) is 2.81. The molecule has 0 radical (unpaired) electrons. The Kier molecular flexibility index (Phi) is 3.54. The quantitative estimate of drug-likeness (QED) is 0.908. The fourth-order valence-corrected chi connectivity index (χ4v) is 4.19. The molecule has 2 heterocycles. The zero-order valence-electron chi connectivity index (χ0n) is 11.8. The Morgan fingerprint density at radius 1 is 1.25 bits per heavy atom. The molecule has 108 valence electrons. The third-order valence-corrected chi connectivity index (χ3v) is 5.25. The summed E-state index contributed by atoms with van der Waals surface area (Å²) in [6.07, 6.45) is 4.79. The Morgan fingerprint density at radius 3 is 2.65 bits per heavy atom. The third kappa shape index (κ3) is 2.46. The first-order valence-electron chi connectivity index (χ1n) is 7.25. The standard InChI is InChI=1S/C15H20N2O2S/c1-11-5-6-12(20-11)9-17-10-13(18)16-15(14(17)19)7-3-2-4-8-15/h5-6H,2-4,7-10H2,1H3,(H,16,18). The largest absolute Gasteiger partial charge is 0.340 e. The Morgan fingerprint density at radius 2 is 2.00 bits per heavy atom. The number of aryl methyl sites for hydroxylation is 1. The van der Waals surface area contributed by atoms with Gasteiger partial charge in [-0.15, -0.1) is 11.3 Å². The highest BCUT2D eigenvalue weighted by molar-refractivity contribution is 7.11. The van der Waals surface area contributed by atoms with Crippen molar-refractivity contribution >= 4 is 23.2 Å². The maximum absolute atomic E-state index is 12.8. The van der Waals surface area contributed by atoms with Crippen LogP contribution in [0.2, 0.25) is 0 Å². The Balaban J connectivity index is 1.80. The highest BCUT2D eigenvalue weighted by Crippen LogP contribution is 2.32. The number of nitrogens with zero attached hydrogens (tertiary/aromatic N) is 1. The van der Waals surface area contributed by atoms with Gasteiger partial charge in [-0.05, 0) is 31.9 Å². The molecule has 1 aromatic rings. The molecule has 1 aliphatic heterocycles. The number of thiophene rings is 1. The van der Waals surface area contributed by atoms with E-state index in [1.54, 1.807) is 16.2 Å². The Labute approximate surface area is 123 Å². The molecule has 0 unspecified atom stereocenters. The van der Waals surface area contributed by atoms with Gasteiger partial charge < -0.3 is 10.2 Å². The molecule has 5 heteroatoms. The molecule has 0 atom stereocenters. The number of carbonyl (C=O) groups excluding carboxylic acids is 2. The summed E-state index contributed by atoms with van der Waals surface area (Å²) >= 11 is 1.69. The molecule has 1 saturated heterocycles. The number of hydrogen-bond acceptors (Lipinski definition) is 3. The second-order valence-electron chi connectivity index (χ2n) is 5.86. The second-order valence-corrected chi connectivity index (χ2v) is 7.24. The van der Waals surface area contributed by atoms with Crippen molar-refractivity contribution < 1.29 is 9.59 Å². The maximum Gasteiger partial charge on any atom is 0.249 e. The van der Waals surface area contributed by atoms with Crippen LogP contribution in [0.5, 0.6) is 0 Å². The summed E-state index contributed by atoms with van der Waals surface area (Å²) in [5, 5.41) is 2.98. The molecule has 1 aromatic heterocycles. The summed E-state index contributed by atoms with van der Waals surface area (Å²) in [5.41, 5.74) is -0.611. The average Bonchev–Trinajstić information content (AvgIpc) is 2.82. The predicted octanol–water partition coefficient (Wildman–Crippen LogP) is 2.22. The van der Waals surface area contributed by atoms with Gasteiger partial charge in [-0.3, -0.25) is 9.59 Å². The highest BCUT2D eigenvalue weighted by atomic mass is 32.1. The van der Waals surface area contributed by atoms with Gasteiger partial charge in [0.1, 0.15) is 12.1 Å². The van der Waals surface area contributed by atoms with Crippen LogP contribution in [-0.2, 0) is 16.1 Å². The van der Waals surface area contributed by atoms with Crippen LogP contribution < -0.4 is 5.32 Å². The summed E-state index contributed by atoms with van der Waals surface area (Å²) in [6, 6.07) is 4.11. The zero-order chi connectivity index (χ0) is 14.2. The van der Waals surface area contributed by atoms with Gasteiger partial charge in [0.05, 0.1) is 6.54 Å². The van der Waals surface area contributed by atoms with Crippen LogP contribution in [0.3, 0.4) is 0 Å². The van der Waals surface area contributed by atoms with Crippen molar-refractivity contribution in [1.82, 2.24) is 10.2 Å². The Bertz CT molecular complexity index is 532. The molecule has 20 heavy (non-hydrogen) atoms. The lowest BCUT2D eigenvalue weighted by Gasteiger charge is -2.44. The lowest BCUT2D eigenvalue weighted by molar-refractivity contribution is -0.152. The fraction of sp³-hybridized carbons (Fsp3) is 0.600. The lowest BCUT2D eigenvalue weighted by atomic mass is 9.79. The summed E-state index contributed by atoms with van der Waals surface area (Å²) in [7, 11) is 0. The van der Waals surface area contributed by atoms with Gasteiger partial charge in [-0.25, -0.2) is 0 Å². The predicted molar refractivity (Wildman–Crippen MR) is 78.4 cm³/mol. The topological polar surface area (TPSA) is 49.4 Å². The van der Waals surface area contributed by atoms with Gasteiger partial charge in [0.2, 0.25) is 11.8 Å².